The second kappa shape index (κ2) is 4.58. The second-order valence-corrected chi connectivity index (χ2v) is 4.15. The Labute approximate surface area is 95.7 Å². The minimum Gasteiger partial charge on any atom is -0.506 e. The van der Waals surface area contributed by atoms with Crippen LogP contribution in [-0.2, 0) is 6.42 Å². The molecule has 0 aliphatic carbocycles. The van der Waals surface area contributed by atoms with Crippen LogP contribution >= 0.6 is 0 Å². The van der Waals surface area contributed by atoms with Crippen molar-refractivity contribution in [1.82, 2.24) is 9.72 Å². The van der Waals surface area contributed by atoms with E-state index in [2.05, 4.69) is 25.2 Å². The molecule has 1 unspecified atom stereocenters. The first-order valence-corrected chi connectivity index (χ1v) is 5.73. The van der Waals surface area contributed by atoms with Gasteiger partial charge in [0.2, 0.25) is 0 Å². The molecule has 0 amide bonds. The van der Waals surface area contributed by atoms with Gasteiger partial charge in [-0.3, -0.25) is 0 Å². The van der Waals surface area contributed by atoms with Gasteiger partial charge in [0.25, 0.3) is 0 Å². The lowest BCUT2D eigenvalue weighted by Crippen LogP contribution is -2.27. The van der Waals surface area contributed by atoms with E-state index < -0.39 is 0 Å². The normalized spacial score (nSPS) is 13.1. The van der Waals surface area contributed by atoms with Crippen LogP contribution in [0.25, 0.3) is 5.52 Å². The Kier molecular flexibility index (Phi) is 3.15. The third-order valence-electron chi connectivity index (χ3n) is 2.82. The maximum absolute atomic E-state index is 9.84. The van der Waals surface area contributed by atoms with E-state index in [-0.39, 0.29) is 0 Å². The van der Waals surface area contributed by atoms with Crippen LogP contribution in [0.2, 0.25) is 0 Å². The van der Waals surface area contributed by atoms with Crippen LogP contribution in [0.4, 0.5) is 0 Å². The number of nitrogens with one attached hydrogen (secondary N) is 1. The van der Waals surface area contributed by atoms with Gasteiger partial charge in [0.1, 0.15) is 5.75 Å². The van der Waals surface area contributed by atoms with E-state index in [0.717, 1.165) is 18.5 Å². The van der Waals surface area contributed by atoms with Crippen molar-refractivity contribution in [2.75, 3.05) is 6.54 Å². The van der Waals surface area contributed by atoms with E-state index in [4.69, 9.17) is 0 Å². The maximum Gasteiger partial charge on any atom is 0.139 e. The summed E-state index contributed by atoms with van der Waals surface area (Å²) in [5.41, 5.74) is 2.11. The van der Waals surface area contributed by atoms with Crippen molar-refractivity contribution in [3.8, 4) is 5.75 Å². The predicted octanol–water partition coefficient (Wildman–Crippen LogP) is 2.19. The fourth-order valence-corrected chi connectivity index (χ4v) is 2.13. The second-order valence-electron chi connectivity index (χ2n) is 4.15. The Morgan fingerprint density at radius 3 is 2.94 bits per heavy atom. The Balaban J connectivity index is 2.31. The Morgan fingerprint density at radius 2 is 2.19 bits per heavy atom. The van der Waals surface area contributed by atoms with E-state index in [0.29, 0.717) is 11.8 Å². The smallest absolute Gasteiger partial charge is 0.139 e. The molecule has 0 aliphatic rings. The van der Waals surface area contributed by atoms with Crippen LogP contribution < -0.4 is 5.32 Å². The van der Waals surface area contributed by atoms with Gasteiger partial charge in [-0.15, -0.1) is 0 Å². The molecule has 0 aliphatic heterocycles. The van der Waals surface area contributed by atoms with Crippen LogP contribution in [-0.4, -0.2) is 22.1 Å². The lowest BCUT2D eigenvalue weighted by molar-refractivity contribution is 0.478. The standard InChI is InChI=1S/C13H18N2O/c1-3-14-10(2)9-11-6-8-15-7-4-5-12(16)13(11)15/h4-8,10,14,16H,3,9H2,1-2H3. The third kappa shape index (κ3) is 2.04. The van der Waals surface area contributed by atoms with Crippen LogP contribution in [0.3, 0.4) is 0 Å². The highest BCUT2D eigenvalue weighted by Gasteiger charge is 2.09. The van der Waals surface area contributed by atoms with Crippen LogP contribution in [0.1, 0.15) is 19.4 Å². The molecule has 2 aromatic rings. The van der Waals surface area contributed by atoms with Crippen molar-refractivity contribution < 1.29 is 5.11 Å². The van der Waals surface area contributed by atoms with Gasteiger partial charge < -0.3 is 14.8 Å². The Morgan fingerprint density at radius 1 is 1.38 bits per heavy atom. The summed E-state index contributed by atoms with van der Waals surface area (Å²) in [5, 5.41) is 13.2. The van der Waals surface area contributed by atoms with Crippen molar-refractivity contribution in [2.24, 2.45) is 0 Å². The van der Waals surface area contributed by atoms with Gasteiger partial charge in [0.15, 0.2) is 0 Å². The molecule has 3 heteroatoms. The topological polar surface area (TPSA) is 36.7 Å². The lowest BCUT2D eigenvalue weighted by Gasteiger charge is -2.11. The van der Waals surface area contributed by atoms with Crippen molar-refractivity contribution in [3.05, 3.63) is 36.2 Å². The molecule has 3 nitrogen and oxygen atoms in total. The summed E-state index contributed by atoms with van der Waals surface area (Å²) in [4.78, 5) is 0. The highest BCUT2D eigenvalue weighted by molar-refractivity contribution is 5.65. The molecule has 2 aromatic heterocycles. The van der Waals surface area contributed by atoms with Crippen molar-refractivity contribution in [1.29, 1.82) is 0 Å². The molecule has 1 atom stereocenters. The highest BCUT2D eigenvalue weighted by Crippen LogP contribution is 2.23. The van der Waals surface area contributed by atoms with E-state index >= 15 is 0 Å². The SMILES string of the molecule is CCNC(C)Cc1ccn2cccc(O)c12. The Hall–Kier alpha value is -1.48. The quantitative estimate of drug-likeness (QED) is 0.825. The van der Waals surface area contributed by atoms with Gasteiger partial charge in [-0.25, -0.2) is 0 Å². The first kappa shape index (κ1) is 11.0. The molecule has 2 N–H and O–H groups in total. The average molecular weight is 218 g/mol. The van der Waals surface area contributed by atoms with Gasteiger partial charge in [-0.2, -0.15) is 0 Å². The number of likely N-dealkylation sites (N-methyl/N-ethyl adjacent to an activating group) is 1. The number of aromatic nitrogens is 1. The minimum absolute atomic E-state index is 0.353. The summed E-state index contributed by atoms with van der Waals surface area (Å²) in [6.07, 6.45) is 4.88. The molecule has 16 heavy (non-hydrogen) atoms. The molecule has 0 spiro atoms. The average Bonchev–Trinajstić information content (AvgIpc) is 2.63. The van der Waals surface area contributed by atoms with Gasteiger partial charge in [0, 0.05) is 18.4 Å². The van der Waals surface area contributed by atoms with Crippen LogP contribution in [0.15, 0.2) is 30.6 Å². The number of hydrogen-bond acceptors (Lipinski definition) is 2. The van der Waals surface area contributed by atoms with E-state index in [1.807, 2.05) is 22.9 Å². The maximum atomic E-state index is 9.84. The first-order valence-electron chi connectivity index (χ1n) is 5.73. The van der Waals surface area contributed by atoms with Gasteiger partial charge in [-0.05, 0) is 43.7 Å². The number of rotatable bonds is 4. The molecular weight excluding hydrogens is 200 g/mol. The molecule has 0 radical (unpaired) electrons. The predicted molar refractivity (Wildman–Crippen MR) is 65.9 cm³/mol. The largest absolute Gasteiger partial charge is 0.506 e. The fourth-order valence-electron chi connectivity index (χ4n) is 2.13. The van der Waals surface area contributed by atoms with E-state index in [1.54, 1.807) is 6.07 Å². The molecule has 0 aromatic carbocycles. The summed E-state index contributed by atoms with van der Waals surface area (Å²) < 4.78 is 1.96. The number of aromatic hydroxyl groups is 1. The Bertz CT molecular complexity index is 476. The van der Waals surface area contributed by atoms with Crippen molar-refractivity contribution in [2.45, 2.75) is 26.3 Å². The molecule has 2 heterocycles. The summed E-state index contributed by atoms with van der Waals surface area (Å²) in [7, 11) is 0. The van der Waals surface area contributed by atoms with Crippen LogP contribution in [0, 0.1) is 0 Å². The zero-order chi connectivity index (χ0) is 11.5. The highest BCUT2D eigenvalue weighted by atomic mass is 16.3. The van der Waals surface area contributed by atoms with Crippen LogP contribution in [0.5, 0.6) is 5.75 Å². The molecular formula is C13H18N2O. The molecule has 0 saturated carbocycles. The summed E-state index contributed by atoms with van der Waals surface area (Å²) in [6, 6.07) is 6.08. The number of fused-ring (bicyclic) bond motifs is 1. The van der Waals surface area contributed by atoms with E-state index in [9.17, 15) is 5.11 Å². The minimum atomic E-state index is 0.353. The molecule has 0 fully saturated rings. The first-order chi connectivity index (χ1) is 7.72. The van der Waals surface area contributed by atoms with Crippen molar-refractivity contribution >= 4 is 5.52 Å². The molecule has 0 saturated heterocycles. The molecule has 2 rings (SSSR count). The number of hydrogen-bond donors (Lipinski definition) is 2. The molecule has 0 bridgehead atoms. The zero-order valence-electron chi connectivity index (χ0n) is 9.77. The summed E-state index contributed by atoms with van der Waals surface area (Å²) in [6.45, 7) is 5.23. The summed E-state index contributed by atoms with van der Waals surface area (Å²) >= 11 is 0. The monoisotopic (exact) mass is 218 g/mol. The molecule has 86 valence electrons. The lowest BCUT2D eigenvalue weighted by atomic mass is 10.1. The number of nitrogens with zero attached hydrogens (tertiary/aromatic N) is 1. The zero-order valence-corrected chi connectivity index (χ0v) is 9.77. The third-order valence-corrected chi connectivity index (χ3v) is 2.82. The summed E-state index contributed by atoms with van der Waals surface area (Å²) in [5.74, 6) is 0.353. The van der Waals surface area contributed by atoms with Gasteiger partial charge in [0.05, 0.1) is 5.52 Å². The van der Waals surface area contributed by atoms with Crippen molar-refractivity contribution in [3.63, 3.8) is 0 Å². The number of pyridine rings is 1. The van der Waals surface area contributed by atoms with E-state index in [1.165, 1.54) is 5.56 Å². The fraction of sp³-hybridized carbons (Fsp3) is 0.385. The van der Waals surface area contributed by atoms with Gasteiger partial charge in [-0.1, -0.05) is 6.92 Å². The van der Waals surface area contributed by atoms with Gasteiger partial charge >= 0.3 is 0 Å².